The second-order valence-electron chi connectivity index (χ2n) is 6.42. The quantitative estimate of drug-likeness (QED) is 0.239. The Hall–Kier alpha value is -1.65. The van der Waals surface area contributed by atoms with Gasteiger partial charge in [-0.15, -0.1) is 0 Å². The van der Waals surface area contributed by atoms with E-state index in [-0.39, 0.29) is 6.42 Å². The first kappa shape index (κ1) is 30.3. The number of halogens is 16. The maximum atomic E-state index is 13.5. The molecule has 1 atom stereocenters. The summed E-state index contributed by atoms with van der Waals surface area (Å²) < 4.78 is 213. The smallest absolute Gasteiger partial charge is 0.385 e. The first-order valence-electron chi connectivity index (χ1n) is 7.90. The molecule has 0 aliphatic carbocycles. The van der Waals surface area contributed by atoms with E-state index in [1.165, 1.54) is 6.92 Å². The summed E-state index contributed by atoms with van der Waals surface area (Å²) in [6, 6.07) is 0. The van der Waals surface area contributed by atoms with E-state index >= 15 is 0 Å². The lowest BCUT2D eigenvalue weighted by Gasteiger charge is -2.42. The average Bonchev–Trinajstić information content (AvgIpc) is 2.64. The summed E-state index contributed by atoms with van der Waals surface area (Å²) in [5, 5.41) is 0. The van der Waals surface area contributed by atoms with Crippen molar-refractivity contribution < 1.29 is 79.8 Å². The van der Waals surface area contributed by atoms with Gasteiger partial charge in [0.05, 0.1) is 5.92 Å². The highest BCUT2D eigenvalue weighted by Crippen LogP contribution is 2.62. The molecule has 0 aromatic carbocycles. The van der Waals surface area contributed by atoms with Gasteiger partial charge in [-0.3, -0.25) is 4.79 Å². The van der Waals surface area contributed by atoms with E-state index in [9.17, 15) is 75.0 Å². The molecule has 32 heavy (non-hydrogen) atoms. The van der Waals surface area contributed by atoms with Gasteiger partial charge in [0.25, 0.3) is 0 Å². The molecule has 0 bridgehead atoms. The minimum absolute atomic E-state index is 0.200. The molecule has 0 aromatic heterocycles. The minimum atomic E-state index is -8.46. The molecule has 0 aromatic rings. The van der Waals surface area contributed by atoms with Crippen molar-refractivity contribution in [2.75, 3.05) is 6.61 Å². The normalized spacial score (nSPS) is 16.3. The van der Waals surface area contributed by atoms with Gasteiger partial charge in [0.15, 0.2) is 6.61 Å². The van der Waals surface area contributed by atoms with Crippen LogP contribution in [0, 0.1) is 5.92 Å². The average molecular weight is 516 g/mol. The van der Waals surface area contributed by atoms with Crippen molar-refractivity contribution in [3.05, 3.63) is 0 Å². The molecule has 0 saturated carbocycles. The van der Waals surface area contributed by atoms with E-state index in [1.807, 2.05) is 0 Å². The third-order valence-corrected chi connectivity index (χ3v) is 4.14. The standard InChI is InChI=1S/C14H12F16O2/c1-3-5(2)6(31)32-4-8(17,18)10(21,22)12(25,26)14(29,30)13(27,28)11(23,24)9(19,20)7(15)16/h5,7H,3-4H2,1-2H3. The topological polar surface area (TPSA) is 26.3 Å². The summed E-state index contributed by atoms with van der Waals surface area (Å²) in [5.74, 6) is -58.3. The van der Waals surface area contributed by atoms with Gasteiger partial charge in [-0.1, -0.05) is 13.8 Å². The summed E-state index contributed by atoms with van der Waals surface area (Å²) in [6.45, 7) is -0.998. The van der Waals surface area contributed by atoms with E-state index in [2.05, 4.69) is 4.74 Å². The molecular formula is C14H12F16O2. The SMILES string of the molecule is CCC(C)C(=O)OCC(F)(F)C(F)(F)C(F)(F)C(F)(F)C(F)(F)C(F)(F)C(F)(F)C(F)F. The number of carbonyl (C=O) groups excluding carboxylic acids is 1. The van der Waals surface area contributed by atoms with Crippen molar-refractivity contribution in [1.82, 2.24) is 0 Å². The summed E-state index contributed by atoms with van der Waals surface area (Å²) in [6.07, 6.45) is -6.09. The van der Waals surface area contributed by atoms with Gasteiger partial charge in [-0.25, -0.2) is 8.78 Å². The molecular weight excluding hydrogens is 504 g/mol. The monoisotopic (exact) mass is 516 g/mol. The van der Waals surface area contributed by atoms with E-state index in [0.29, 0.717) is 0 Å². The molecule has 0 rings (SSSR count). The van der Waals surface area contributed by atoms with Crippen LogP contribution in [-0.2, 0) is 9.53 Å². The van der Waals surface area contributed by atoms with E-state index < -0.39 is 66.4 Å². The highest BCUT2D eigenvalue weighted by atomic mass is 19.4. The van der Waals surface area contributed by atoms with E-state index in [0.717, 1.165) is 6.92 Å². The molecule has 0 amide bonds. The Morgan fingerprint density at radius 1 is 0.688 bits per heavy atom. The Kier molecular flexibility index (Phi) is 8.16. The molecule has 1 unspecified atom stereocenters. The van der Waals surface area contributed by atoms with Crippen LogP contribution in [0.3, 0.4) is 0 Å². The highest BCUT2D eigenvalue weighted by molar-refractivity contribution is 5.71. The van der Waals surface area contributed by atoms with Crippen molar-refractivity contribution >= 4 is 5.97 Å². The fourth-order valence-electron chi connectivity index (χ4n) is 1.73. The van der Waals surface area contributed by atoms with Gasteiger partial charge >= 0.3 is 53.9 Å². The fraction of sp³-hybridized carbons (Fsp3) is 0.929. The van der Waals surface area contributed by atoms with Crippen molar-refractivity contribution in [3.63, 3.8) is 0 Å². The zero-order valence-electron chi connectivity index (χ0n) is 15.4. The number of carbonyl (C=O) groups is 1. The third kappa shape index (κ3) is 4.28. The number of esters is 1. The second kappa shape index (κ2) is 8.61. The molecule has 0 fully saturated rings. The van der Waals surface area contributed by atoms with Gasteiger partial charge in [0, 0.05) is 0 Å². The van der Waals surface area contributed by atoms with Crippen LogP contribution in [0.1, 0.15) is 20.3 Å². The van der Waals surface area contributed by atoms with Gasteiger partial charge in [-0.2, -0.15) is 61.5 Å². The maximum Gasteiger partial charge on any atom is 0.385 e. The summed E-state index contributed by atoms with van der Waals surface area (Å²) in [4.78, 5) is 11.1. The highest BCUT2D eigenvalue weighted by Gasteiger charge is 2.93. The van der Waals surface area contributed by atoms with Crippen molar-refractivity contribution in [1.29, 1.82) is 0 Å². The zero-order valence-corrected chi connectivity index (χ0v) is 15.4. The Bertz CT molecular complexity index is 672. The van der Waals surface area contributed by atoms with Crippen LogP contribution in [0.2, 0.25) is 0 Å². The molecule has 2 nitrogen and oxygen atoms in total. The van der Waals surface area contributed by atoms with Crippen LogP contribution in [0.15, 0.2) is 0 Å². The summed E-state index contributed by atoms with van der Waals surface area (Å²) in [7, 11) is 0. The molecule has 0 heterocycles. The van der Waals surface area contributed by atoms with Crippen molar-refractivity contribution in [3.8, 4) is 0 Å². The Morgan fingerprint density at radius 2 is 1.03 bits per heavy atom. The Labute approximate surface area is 167 Å². The molecule has 0 aliphatic heterocycles. The van der Waals surface area contributed by atoms with Gasteiger partial charge in [0.1, 0.15) is 0 Å². The lowest BCUT2D eigenvalue weighted by molar-refractivity contribution is -0.447. The molecule has 0 N–H and O–H groups in total. The van der Waals surface area contributed by atoms with Crippen LogP contribution in [-0.4, -0.2) is 60.5 Å². The van der Waals surface area contributed by atoms with Crippen LogP contribution < -0.4 is 0 Å². The van der Waals surface area contributed by atoms with Crippen LogP contribution in [0.4, 0.5) is 70.2 Å². The maximum absolute atomic E-state index is 13.5. The number of ether oxygens (including phenoxy) is 1. The Morgan fingerprint density at radius 3 is 1.38 bits per heavy atom. The fourth-order valence-corrected chi connectivity index (χ4v) is 1.73. The van der Waals surface area contributed by atoms with Crippen LogP contribution >= 0.6 is 0 Å². The predicted molar refractivity (Wildman–Crippen MR) is 71.0 cm³/mol. The summed E-state index contributed by atoms with van der Waals surface area (Å²) in [5.41, 5.74) is 0. The van der Waals surface area contributed by atoms with E-state index in [1.54, 1.807) is 0 Å². The first-order chi connectivity index (χ1) is 13.8. The second-order valence-corrected chi connectivity index (χ2v) is 6.42. The lowest BCUT2D eigenvalue weighted by atomic mass is 9.89. The molecule has 0 radical (unpaired) electrons. The lowest BCUT2D eigenvalue weighted by Crippen LogP contribution is -2.74. The van der Waals surface area contributed by atoms with Crippen LogP contribution in [0.5, 0.6) is 0 Å². The number of rotatable bonds is 11. The Balaban J connectivity index is 6.35. The van der Waals surface area contributed by atoms with Gasteiger partial charge in [-0.05, 0) is 6.42 Å². The zero-order chi connectivity index (χ0) is 26.4. The van der Waals surface area contributed by atoms with E-state index in [4.69, 9.17) is 0 Å². The van der Waals surface area contributed by atoms with Crippen molar-refractivity contribution in [2.45, 2.75) is 68.2 Å². The number of alkyl halides is 16. The molecule has 0 aliphatic rings. The molecule has 18 heteroatoms. The van der Waals surface area contributed by atoms with Gasteiger partial charge in [0.2, 0.25) is 0 Å². The molecule has 192 valence electrons. The minimum Gasteiger partial charge on any atom is -0.459 e. The first-order valence-corrected chi connectivity index (χ1v) is 7.90. The molecule has 0 spiro atoms. The largest absolute Gasteiger partial charge is 0.459 e. The van der Waals surface area contributed by atoms with Crippen molar-refractivity contribution in [2.24, 2.45) is 5.92 Å². The summed E-state index contributed by atoms with van der Waals surface area (Å²) >= 11 is 0. The van der Waals surface area contributed by atoms with Crippen LogP contribution in [0.25, 0.3) is 0 Å². The third-order valence-electron chi connectivity index (χ3n) is 4.14. The van der Waals surface area contributed by atoms with Gasteiger partial charge < -0.3 is 4.74 Å². The number of hydrogen-bond donors (Lipinski definition) is 0. The molecule has 0 saturated heterocycles. The predicted octanol–water partition coefficient (Wildman–Crippen LogP) is 6.29. The number of hydrogen-bond acceptors (Lipinski definition) is 2.